The Labute approximate surface area is 202 Å². The van der Waals surface area contributed by atoms with E-state index in [1.54, 1.807) is 0 Å². The number of ether oxygens (including phenoxy) is 1. The van der Waals surface area contributed by atoms with Gasteiger partial charge in [0, 0.05) is 13.1 Å². The number of rotatable bonds is 9. The van der Waals surface area contributed by atoms with Crippen molar-refractivity contribution < 1.29 is 9.53 Å². The van der Waals surface area contributed by atoms with Crippen LogP contribution in [0.3, 0.4) is 0 Å². The molecule has 1 aromatic heterocycles. The average molecular weight is 552 g/mol. The van der Waals surface area contributed by atoms with Crippen molar-refractivity contribution in [1.29, 1.82) is 0 Å². The summed E-state index contributed by atoms with van der Waals surface area (Å²) in [6, 6.07) is -0.0360. The third-order valence-electron chi connectivity index (χ3n) is 5.10. The minimum absolute atomic E-state index is 0. The van der Waals surface area contributed by atoms with Crippen LogP contribution in [-0.4, -0.2) is 61.1 Å². The number of carbonyl (C=O) groups excluding carboxylic acids is 1. The number of esters is 1. The van der Waals surface area contributed by atoms with Crippen molar-refractivity contribution >= 4 is 47.2 Å². The molecule has 172 valence electrons. The van der Waals surface area contributed by atoms with Crippen molar-refractivity contribution in [3.8, 4) is 0 Å². The molecule has 1 aliphatic rings. The number of aromatic nitrogens is 1. The van der Waals surface area contributed by atoms with Crippen molar-refractivity contribution in [2.75, 3.05) is 39.3 Å². The van der Waals surface area contributed by atoms with Crippen LogP contribution in [0.4, 0.5) is 0 Å². The largest absolute Gasteiger partial charge is 0.462 e. The summed E-state index contributed by atoms with van der Waals surface area (Å²) in [6.45, 7) is 15.6. The van der Waals surface area contributed by atoms with Gasteiger partial charge >= 0.3 is 5.97 Å². The first kappa shape index (κ1) is 27.1. The van der Waals surface area contributed by atoms with E-state index in [1.807, 2.05) is 20.8 Å². The zero-order chi connectivity index (χ0) is 21.2. The molecule has 1 saturated heterocycles. The molecule has 0 bridgehead atoms. The van der Waals surface area contributed by atoms with Crippen LogP contribution in [0.5, 0.6) is 0 Å². The molecule has 1 unspecified atom stereocenters. The maximum absolute atomic E-state index is 12.1. The number of nitrogens with zero attached hydrogens (tertiary/aromatic N) is 3. The van der Waals surface area contributed by atoms with Gasteiger partial charge in [-0.3, -0.25) is 4.99 Å². The quantitative estimate of drug-likeness (QED) is 0.209. The number of likely N-dealkylation sites (tertiary alicyclic amines) is 1. The summed E-state index contributed by atoms with van der Waals surface area (Å²) in [5, 5.41) is 7.63. The molecule has 0 spiro atoms. The van der Waals surface area contributed by atoms with E-state index in [9.17, 15) is 4.79 Å². The average Bonchev–Trinajstić information content (AvgIpc) is 3.10. The molecule has 0 radical (unpaired) electrons. The summed E-state index contributed by atoms with van der Waals surface area (Å²) < 4.78 is 5.12. The summed E-state index contributed by atoms with van der Waals surface area (Å²) in [6.07, 6.45) is 3.66. The third-order valence-corrected chi connectivity index (χ3v) is 6.42. The molecule has 1 aromatic rings. The minimum Gasteiger partial charge on any atom is -0.462 e. The Balaban J connectivity index is 0.00000450. The first-order valence-electron chi connectivity index (χ1n) is 10.9. The third kappa shape index (κ3) is 8.30. The van der Waals surface area contributed by atoms with E-state index in [0.717, 1.165) is 29.8 Å². The van der Waals surface area contributed by atoms with Crippen molar-refractivity contribution in [2.45, 2.75) is 59.9 Å². The van der Waals surface area contributed by atoms with Crippen LogP contribution in [0, 0.1) is 12.8 Å². The molecule has 0 amide bonds. The Hall–Kier alpha value is -0.940. The molecule has 2 heterocycles. The van der Waals surface area contributed by atoms with E-state index < -0.39 is 0 Å². The standard InChI is InChI=1S/C21H37N5O2S.HI/c1-6-11-26-12-9-17(10-13-26)14-23-21(22-7-2)25-16(5)19-24-15(4)18(29-19)20(27)28-8-3;/h16-17H,6-14H2,1-5H3,(H2,22,23,25);1H. The molecule has 0 aromatic carbocycles. The lowest BCUT2D eigenvalue weighted by molar-refractivity contribution is 0.0531. The first-order chi connectivity index (χ1) is 14.0. The molecule has 0 aliphatic carbocycles. The number of thiazole rings is 1. The van der Waals surface area contributed by atoms with Crippen LogP contribution in [0.25, 0.3) is 0 Å². The molecule has 2 rings (SSSR count). The van der Waals surface area contributed by atoms with Gasteiger partial charge in [-0.25, -0.2) is 9.78 Å². The highest BCUT2D eigenvalue weighted by molar-refractivity contribution is 14.0. The zero-order valence-electron chi connectivity index (χ0n) is 19.0. The molecule has 0 saturated carbocycles. The van der Waals surface area contributed by atoms with Gasteiger partial charge in [0.2, 0.25) is 0 Å². The number of nitrogens with one attached hydrogen (secondary N) is 2. The van der Waals surface area contributed by atoms with Gasteiger partial charge in [0.05, 0.1) is 18.3 Å². The van der Waals surface area contributed by atoms with Gasteiger partial charge in [0.1, 0.15) is 9.88 Å². The number of piperidine rings is 1. The van der Waals surface area contributed by atoms with E-state index in [0.29, 0.717) is 17.4 Å². The second-order valence-corrected chi connectivity index (χ2v) is 8.59. The predicted molar refractivity (Wildman–Crippen MR) is 135 cm³/mol. The molecular formula is C21H38IN5O2S. The zero-order valence-corrected chi connectivity index (χ0v) is 22.1. The van der Waals surface area contributed by atoms with Crippen LogP contribution < -0.4 is 10.6 Å². The number of aryl methyl sites for hydroxylation is 1. The van der Waals surface area contributed by atoms with Crippen molar-refractivity contribution in [3.05, 3.63) is 15.6 Å². The summed E-state index contributed by atoms with van der Waals surface area (Å²) in [4.78, 5) is 24.6. The lowest BCUT2D eigenvalue weighted by Crippen LogP contribution is -2.40. The summed E-state index contributed by atoms with van der Waals surface area (Å²) in [5.74, 6) is 1.16. The van der Waals surface area contributed by atoms with Gasteiger partial charge in [0.15, 0.2) is 5.96 Å². The van der Waals surface area contributed by atoms with Crippen LogP contribution in [0.15, 0.2) is 4.99 Å². The lowest BCUT2D eigenvalue weighted by atomic mass is 9.97. The van der Waals surface area contributed by atoms with E-state index in [1.165, 1.54) is 50.2 Å². The first-order valence-corrected chi connectivity index (χ1v) is 11.7. The number of guanidine groups is 1. The van der Waals surface area contributed by atoms with Crippen molar-refractivity contribution in [1.82, 2.24) is 20.5 Å². The summed E-state index contributed by atoms with van der Waals surface area (Å²) in [7, 11) is 0. The Bertz CT molecular complexity index is 674. The number of hydrogen-bond donors (Lipinski definition) is 2. The lowest BCUT2D eigenvalue weighted by Gasteiger charge is -2.31. The molecular weight excluding hydrogens is 513 g/mol. The Morgan fingerprint density at radius 2 is 2.03 bits per heavy atom. The van der Waals surface area contributed by atoms with Gasteiger partial charge in [-0.15, -0.1) is 35.3 Å². The number of hydrogen-bond acceptors (Lipinski definition) is 6. The molecule has 7 nitrogen and oxygen atoms in total. The second kappa shape index (κ2) is 14.2. The smallest absolute Gasteiger partial charge is 0.350 e. The Morgan fingerprint density at radius 1 is 1.33 bits per heavy atom. The number of carbonyl (C=O) groups is 1. The fraction of sp³-hybridized carbons (Fsp3) is 0.762. The monoisotopic (exact) mass is 551 g/mol. The molecule has 9 heteroatoms. The molecule has 30 heavy (non-hydrogen) atoms. The summed E-state index contributed by atoms with van der Waals surface area (Å²) >= 11 is 1.39. The van der Waals surface area contributed by atoms with Crippen molar-refractivity contribution in [2.24, 2.45) is 10.9 Å². The fourth-order valence-corrected chi connectivity index (χ4v) is 4.47. The van der Waals surface area contributed by atoms with Crippen molar-refractivity contribution in [3.63, 3.8) is 0 Å². The highest BCUT2D eigenvalue weighted by Crippen LogP contribution is 2.24. The summed E-state index contributed by atoms with van der Waals surface area (Å²) in [5.41, 5.74) is 0.720. The van der Waals surface area contributed by atoms with E-state index in [4.69, 9.17) is 9.73 Å². The maximum Gasteiger partial charge on any atom is 0.350 e. The normalized spacial score (nSPS) is 16.6. The van der Waals surface area contributed by atoms with E-state index in [-0.39, 0.29) is 36.0 Å². The molecule has 2 N–H and O–H groups in total. The highest BCUT2D eigenvalue weighted by Gasteiger charge is 2.21. The van der Waals surface area contributed by atoms with Gasteiger partial charge in [0.25, 0.3) is 0 Å². The minimum atomic E-state index is -0.295. The second-order valence-electron chi connectivity index (χ2n) is 7.56. The van der Waals surface area contributed by atoms with E-state index in [2.05, 4.69) is 34.4 Å². The maximum atomic E-state index is 12.1. The van der Waals surface area contributed by atoms with Gasteiger partial charge in [-0.2, -0.15) is 0 Å². The molecule has 1 aliphatic heterocycles. The predicted octanol–water partition coefficient (Wildman–Crippen LogP) is 3.98. The van der Waals surface area contributed by atoms with Gasteiger partial charge < -0.3 is 20.3 Å². The highest BCUT2D eigenvalue weighted by atomic mass is 127. The fourth-order valence-electron chi connectivity index (χ4n) is 3.50. The van der Waals surface area contributed by atoms with Crippen LogP contribution in [-0.2, 0) is 4.74 Å². The Kier molecular flexibility index (Phi) is 12.8. The van der Waals surface area contributed by atoms with Crippen LogP contribution >= 0.6 is 35.3 Å². The molecule has 1 fully saturated rings. The topological polar surface area (TPSA) is 78.9 Å². The molecule has 1 atom stereocenters. The number of halogens is 1. The van der Waals surface area contributed by atoms with E-state index >= 15 is 0 Å². The SMILES string of the molecule is CCCN1CCC(CN=C(NCC)NC(C)c2nc(C)c(C(=O)OCC)s2)CC1.I. The van der Waals surface area contributed by atoms with Gasteiger partial charge in [-0.1, -0.05) is 6.92 Å². The Morgan fingerprint density at radius 3 is 2.63 bits per heavy atom. The van der Waals surface area contributed by atoms with Gasteiger partial charge in [-0.05, 0) is 72.5 Å². The number of aliphatic imine (C=N–C) groups is 1. The van der Waals surface area contributed by atoms with Crippen LogP contribution in [0.2, 0.25) is 0 Å². The van der Waals surface area contributed by atoms with Crippen LogP contribution in [0.1, 0.15) is 73.4 Å².